The fourth-order valence-electron chi connectivity index (χ4n) is 2.88. The van der Waals surface area contributed by atoms with Gasteiger partial charge in [-0.1, -0.05) is 32.4 Å². The average molecular weight is 291 g/mol. The summed E-state index contributed by atoms with van der Waals surface area (Å²) < 4.78 is 1.96. The van der Waals surface area contributed by atoms with E-state index in [1.165, 1.54) is 23.4 Å². The molecule has 3 rings (SSSR count). The van der Waals surface area contributed by atoms with Crippen LogP contribution in [0.1, 0.15) is 50.1 Å². The maximum absolute atomic E-state index is 5.82. The Bertz CT molecular complexity index is 616. The zero-order chi connectivity index (χ0) is 14.3. The van der Waals surface area contributed by atoms with Gasteiger partial charge in [-0.05, 0) is 48.8 Å². The molecule has 0 aromatic carbocycles. The molecule has 0 aliphatic heterocycles. The van der Waals surface area contributed by atoms with Crippen molar-refractivity contribution in [1.82, 2.24) is 20.0 Å². The summed E-state index contributed by atoms with van der Waals surface area (Å²) in [7, 11) is 0. The van der Waals surface area contributed by atoms with Crippen molar-refractivity contribution in [1.29, 1.82) is 0 Å². The molecule has 4 nitrogen and oxygen atoms in total. The van der Waals surface area contributed by atoms with Crippen molar-refractivity contribution in [3.63, 3.8) is 0 Å². The van der Waals surface area contributed by atoms with Crippen molar-refractivity contribution in [3.8, 4) is 5.82 Å². The first kappa shape index (κ1) is 13.6. The Morgan fingerprint density at radius 1 is 1.30 bits per heavy atom. The number of hydrogen-bond donors (Lipinski definition) is 0. The quantitative estimate of drug-likeness (QED) is 0.849. The summed E-state index contributed by atoms with van der Waals surface area (Å²) in [5.74, 6) is 1.88. The lowest BCUT2D eigenvalue weighted by Gasteiger charge is -2.20. The van der Waals surface area contributed by atoms with Gasteiger partial charge in [-0.25, -0.2) is 4.68 Å². The lowest BCUT2D eigenvalue weighted by atomic mass is 9.86. The van der Waals surface area contributed by atoms with E-state index in [0.717, 1.165) is 18.7 Å². The maximum atomic E-state index is 5.82. The van der Waals surface area contributed by atoms with Crippen LogP contribution in [0, 0.1) is 5.92 Å². The third-order valence-corrected chi connectivity index (χ3v) is 4.13. The fourth-order valence-corrected chi connectivity index (χ4v) is 2.99. The highest BCUT2D eigenvalue weighted by atomic mass is 35.5. The molecule has 5 heteroatoms. The molecular weight excluding hydrogens is 272 g/mol. The van der Waals surface area contributed by atoms with Gasteiger partial charge in [-0.2, -0.15) is 5.10 Å². The van der Waals surface area contributed by atoms with Gasteiger partial charge in [0.05, 0.1) is 5.69 Å². The minimum absolute atomic E-state index is 0.409. The molecule has 0 fully saturated rings. The average Bonchev–Trinajstić information content (AvgIpc) is 2.78. The van der Waals surface area contributed by atoms with Crippen LogP contribution >= 0.6 is 11.6 Å². The van der Waals surface area contributed by atoms with Crippen LogP contribution in [0.25, 0.3) is 5.82 Å². The largest absolute Gasteiger partial charge is 0.217 e. The Labute approximate surface area is 124 Å². The topological polar surface area (TPSA) is 43.6 Å². The summed E-state index contributed by atoms with van der Waals surface area (Å²) in [6.45, 7) is 6.68. The van der Waals surface area contributed by atoms with Gasteiger partial charge in [-0.3, -0.25) is 0 Å². The van der Waals surface area contributed by atoms with E-state index < -0.39 is 0 Å². The second-order valence-corrected chi connectivity index (χ2v) is 6.33. The highest BCUT2D eigenvalue weighted by molar-refractivity contribution is 6.29. The lowest BCUT2D eigenvalue weighted by Crippen LogP contribution is -2.15. The van der Waals surface area contributed by atoms with Gasteiger partial charge in [0.1, 0.15) is 0 Å². The number of hydrogen-bond acceptors (Lipinski definition) is 3. The zero-order valence-electron chi connectivity index (χ0n) is 12.1. The van der Waals surface area contributed by atoms with Gasteiger partial charge in [0.15, 0.2) is 11.0 Å². The summed E-state index contributed by atoms with van der Waals surface area (Å²) in [5.41, 5.74) is 3.91. The first-order valence-corrected chi connectivity index (χ1v) is 7.54. The van der Waals surface area contributed by atoms with Crippen molar-refractivity contribution < 1.29 is 0 Å². The molecule has 1 aliphatic rings. The van der Waals surface area contributed by atoms with Crippen LogP contribution in [0.4, 0.5) is 0 Å². The Hall–Kier alpha value is -1.42. The van der Waals surface area contributed by atoms with Crippen molar-refractivity contribution in [2.45, 2.75) is 46.0 Å². The van der Waals surface area contributed by atoms with Crippen LogP contribution in [0.2, 0.25) is 5.15 Å². The van der Waals surface area contributed by atoms with E-state index in [-0.39, 0.29) is 0 Å². The molecule has 1 unspecified atom stereocenters. The highest BCUT2D eigenvalue weighted by Gasteiger charge is 2.26. The van der Waals surface area contributed by atoms with E-state index in [1.54, 1.807) is 6.07 Å². The van der Waals surface area contributed by atoms with Crippen LogP contribution in [0.15, 0.2) is 12.1 Å². The zero-order valence-corrected chi connectivity index (χ0v) is 12.9. The highest BCUT2D eigenvalue weighted by Crippen LogP contribution is 2.32. The van der Waals surface area contributed by atoms with Crippen molar-refractivity contribution in [2.24, 2.45) is 5.92 Å². The standard InChI is InChI=1S/C15H19ClN4/c1-9(2)15-11-5-4-10(3)8-12(11)20(19-15)14-7-6-13(16)17-18-14/h6-7,9-10H,4-5,8H2,1-3H3. The first-order chi connectivity index (χ1) is 9.56. The van der Waals surface area contributed by atoms with Crippen molar-refractivity contribution in [3.05, 3.63) is 34.2 Å². The minimum atomic E-state index is 0.409. The van der Waals surface area contributed by atoms with Crippen LogP contribution in [0.5, 0.6) is 0 Å². The molecule has 0 N–H and O–H groups in total. The van der Waals surface area contributed by atoms with Gasteiger partial charge in [0.2, 0.25) is 0 Å². The molecular formula is C15H19ClN4. The molecule has 0 radical (unpaired) electrons. The monoisotopic (exact) mass is 290 g/mol. The molecule has 2 heterocycles. The van der Waals surface area contributed by atoms with E-state index in [9.17, 15) is 0 Å². The smallest absolute Gasteiger partial charge is 0.176 e. The first-order valence-electron chi connectivity index (χ1n) is 7.16. The Morgan fingerprint density at radius 2 is 2.10 bits per heavy atom. The Kier molecular flexibility index (Phi) is 3.50. The van der Waals surface area contributed by atoms with Crippen LogP contribution < -0.4 is 0 Å². The summed E-state index contributed by atoms with van der Waals surface area (Å²) in [6.07, 6.45) is 3.41. The lowest BCUT2D eigenvalue weighted by molar-refractivity contribution is 0.486. The van der Waals surface area contributed by atoms with Gasteiger partial charge < -0.3 is 0 Å². The molecule has 0 amide bonds. The summed E-state index contributed by atoms with van der Waals surface area (Å²) in [5, 5.41) is 13.3. The Balaban J connectivity index is 2.13. The van der Waals surface area contributed by atoms with Crippen LogP contribution in [0.3, 0.4) is 0 Å². The third-order valence-electron chi connectivity index (χ3n) is 3.93. The minimum Gasteiger partial charge on any atom is -0.217 e. The molecule has 106 valence electrons. The summed E-state index contributed by atoms with van der Waals surface area (Å²) in [6, 6.07) is 3.64. The molecule has 2 aromatic heterocycles. The fraction of sp³-hybridized carbons (Fsp3) is 0.533. The van der Waals surface area contributed by atoms with Gasteiger partial charge in [0.25, 0.3) is 0 Å². The molecule has 0 spiro atoms. The van der Waals surface area contributed by atoms with E-state index in [4.69, 9.17) is 16.7 Å². The SMILES string of the molecule is CC1CCc2c(C(C)C)nn(-c3ccc(Cl)nn3)c2C1. The van der Waals surface area contributed by atoms with Crippen LogP contribution in [-0.4, -0.2) is 20.0 Å². The predicted molar refractivity (Wildman–Crippen MR) is 79.4 cm³/mol. The number of fused-ring (bicyclic) bond motifs is 1. The van der Waals surface area contributed by atoms with Gasteiger partial charge in [0, 0.05) is 5.69 Å². The van der Waals surface area contributed by atoms with Gasteiger partial charge >= 0.3 is 0 Å². The number of halogens is 1. The number of rotatable bonds is 2. The molecule has 0 saturated carbocycles. The van der Waals surface area contributed by atoms with Crippen molar-refractivity contribution >= 4 is 11.6 Å². The molecule has 2 aromatic rings. The molecule has 0 saturated heterocycles. The molecule has 1 aliphatic carbocycles. The molecule has 20 heavy (non-hydrogen) atoms. The summed E-state index contributed by atoms with van der Waals surface area (Å²) in [4.78, 5) is 0. The molecule has 1 atom stereocenters. The number of nitrogens with zero attached hydrogens (tertiary/aromatic N) is 4. The van der Waals surface area contributed by atoms with E-state index in [0.29, 0.717) is 17.0 Å². The van der Waals surface area contributed by atoms with E-state index in [2.05, 4.69) is 31.0 Å². The Morgan fingerprint density at radius 3 is 2.75 bits per heavy atom. The van der Waals surface area contributed by atoms with E-state index in [1.807, 2.05) is 10.7 Å². The van der Waals surface area contributed by atoms with Crippen LogP contribution in [-0.2, 0) is 12.8 Å². The normalized spacial score (nSPS) is 18.4. The van der Waals surface area contributed by atoms with Crippen molar-refractivity contribution in [2.75, 3.05) is 0 Å². The predicted octanol–water partition coefficient (Wildman–Crippen LogP) is 3.56. The third kappa shape index (κ3) is 2.33. The van der Waals surface area contributed by atoms with Gasteiger partial charge in [-0.15, -0.1) is 10.2 Å². The summed E-state index contributed by atoms with van der Waals surface area (Å²) >= 11 is 5.82. The van der Waals surface area contributed by atoms with E-state index >= 15 is 0 Å². The molecule has 0 bridgehead atoms. The second-order valence-electron chi connectivity index (χ2n) is 5.94. The number of aromatic nitrogens is 4. The maximum Gasteiger partial charge on any atom is 0.176 e. The second kappa shape index (κ2) is 5.17.